The monoisotopic (exact) mass is 431 g/mol. The second kappa shape index (κ2) is 9.27. The minimum absolute atomic E-state index is 0.0172. The average molecular weight is 432 g/mol. The van der Waals surface area contributed by atoms with Crippen LogP contribution in [0, 0.1) is 0 Å². The first kappa shape index (κ1) is 21.8. The van der Waals surface area contributed by atoms with E-state index in [1.807, 2.05) is 0 Å². The van der Waals surface area contributed by atoms with Crippen LogP contribution < -0.4 is 9.46 Å². The van der Waals surface area contributed by atoms with Crippen molar-refractivity contribution in [3.8, 4) is 5.75 Å². The zero-order chi connectivity index (χ0) is 21.7. The molecule has 1 fully saturated rings. The Morgan fingerprint density at radius 2 is 1.50 bits per heavy atom. The number of methoxy groups -OCH3 is 1. The van der Waals surface area contributed by atoms with Crippen LogP contribution >= 0.6 is 0 Å². The van der Waals surface area contributed by atoms with Gasteiger partial charge in [-0.25, -0.2) is 13.1 Å². The molecule has 30 heavy (non-hydrogen) atoms. The van der Waals surface area contributed by atoms with Crippen molar-refractivity contribution in [2.24, 2.45) is 0 Å². The van der Waals surface area contributed by atoms with E-state index in [0.717, 1.165) is 5.56 Å². The van der Waals surface area contributed by atoms with Gasteiger partial charge in [-0.15, -0.1) is 0 Å². The molecule has 2 amide bonds. The van der Waals surface area contributed by atoms with E-state index in [1.165, 1.54) is 26.2 Å². The number of benzene rings is 2. The Balaban J connectivity index is 1.57. The number of carbonyl (C=O) groups excluding carboxylic acids is 2. The number of piperazine rings is 1. The third-order valence-corrected chi connectivity index (χ3v) is 6.47. The van der Waals surface area contributed by atoms with Gasteiger partial charge in [-0.2, -0.15) is 0 Å². The summed E-state index contributed by atoms with van der Waals surface area (Å²) in [6.07, 6.45) is 0. The molecule has 0 aliphatic carbocycles. The third kappa shape index (κ3) is 5.17. The van der Waals surface area contributed by atoms with Gasteiger partial charge in [0.05, 0.1) is 12.0 Å². The molecule has 0 spiro atoms. The molecule has 1 saturated heterocycles. The lowest BCUT2D eigenvalue weighted by molar-refractivity contribution is -0.130. The van der Waals surface area contributed by atoms with Crippen LogP contribution in [0.4, 0.5) is 0 Å². The minimum Gasteiger partial charge on any atom is -0.497 e. The Morgan fingerprint density at radius 1 is 0.933 bits per heavy atom. The van der Waals surface area contributed by atoms with Crippen LogP contribution in [-0.2, 0) is 21.4 Å². The molecule has 3 rings (SSSR count). The number of nitrogens with zero attached hydrogens (tertiary/aromatic N) is 2. The molecule has 0 saturated carbocycles. The smallest absolute Gasteiger partial charge is 0.253 e. The number of hydrogen-bond donors (Lipinski definition) is 1. The van der Waals surface area contributed by atoms with Crippen LogP contribution in [0.1, 0.15) is 22.8 Å². The van der Waals surface area contributed by atoms with Gasteiger partial charge in [-0.05, 0) is 42.0 Å². The predicted molar refractivity (Wildman–Crippen MR) is 112 cm³/mol. The van der Waals surface area contributed by atoms with Crippen molar-refractivity contribution in [1.82, 2.24) is 14.5 Å². The molecule has 1 N–H and O–H groups in total. The number of rotatable bonds is 6. The number of sulfonamides is 1. The Bertz CT molecular complexity index is 996. The van der Waals surface area contributed by atoms with Gasteiger partial charge in [-0.1, -0.05) is 12.1 Å². The largest absolute Gasteiger partial charge is 0.497 e. The normalized spacial score (nSPS) is 14.5. The number of carbonyl (C=O) groups is 2. The van der Waals surface area contributed by atoms with E-state index < -0.39 is 10.0 Å². The molecule has 0 bridgehead atoms. The maximum Gasteiger partial charge on any atom is 0.253 e. The highest BCUT2D eigenvalue weighted by atomic mass is 32.2. The van der Waals surface area contributed by atoms with Gasteiger partial charge < -0.3 is 14.5 Å². The number of hydrogen-bond acceptors (Lipinski definition) is 5. The van der Waals surface area contributed by atoms with Crippen LogP contribution in [-0.4, -0.2) is 63.3 Å². The lowest BCUT2D eigenvalue weighted by atomic mass is 10.1. The highest BCUT2D eigenvalue weighted by Gasteiger charge is 2.23. The van der Waals surface area contributed by atoms with E-state index in [2.05, 4.69) is 4.72 Å². The first-order valence-electron chi connectivity index (χ1n) is 9.57. The Kier molecular flexibility index (Phi) is 6.73. The van der Waals surface area contributed by atoms with Crippen molar-refractivity contribution in [2.45, 2.75) is 18.4 Å². The predicted octanol–water partition coefficient (Wildman–Crippen LogP) is 1.48. The fourth-order valence-electron chi connectivity index (χ4n) is 3.19. The van der Waals surface area contributed by atoms with Gasteiger partial charge in [0.2, 0.25) is 15.9 Å². The molecule has 0 radical (unpaired) electrons. The molecule has 0 atom stereocenters. The van der Waals surface area contributed by atoms with E-state index in [9.17, 15) is 18.0 Å². The second-order valence-corrected chi connectivity index (χ2v) is 8.76. The lowest BCUT2D eigenvalue weighted by Crippen LogP contribution is -2.50. The minimum atomic E-state index is -3.65. The standard InChI is InChI=1S/C21H25N3O5S/c1-16(25)23-11-13-24(14-12-23)21(26)18-5-3-17(4-6-18)15-22-30(27,28)20-9-7-19(29-2)8-10-20/h3-10,22H,11-15H2,1-2H3. The van der Waals surface area contributed by atoms with Gasteiger partial charge in [0, 0.05) is 45.2 Å². The molecular formula is C21H25N3O5S. The summed E-state index contributed by atoms with van der Waals surface area (Å²) in [5.41, 5.74) is 1.28. The van der Waals surface area contributed by atoms with E-state index in [0.29, 0.717) is 37.5 Å². The fourth-order valence-corrected chi connectivity index (χ4v) is 4.21. The molecule has 8 nitrogen and oxygen atoms in total. The van der Waals surface area contributed by atoms with Crippen molar-refractivity contribution in [2.75, 3.05) is 33.3 Å². The second-order valence-electron chi connectivity index (χ2n) is 7.00. The molecule has 0 aromatic heterocycles. The summed E-state index contributed by atoms with van der Waals surface area (Å²) in [6.45, 7) is 3.71. The number of amides is 2. The van der Waals surface area contributed by atoms with Gasteiger partial charge in [0.25, 0.3) is 5.91 Å². The van der Waals surface area contributed by atoms with Gasteiger partial charge in [0.1, 0.15) is 5.75 Å². The molecule has 1 heterocycles. The highest BCUT2D eigenvalue weighted by molar-refractivity contribution is 7.89. The maximum atomic E-state index is 12.6. The van der Waals surface area contributed by atoms with E-state index in [4.69, 9.17) is 4.74 Å². The van der Waals surface area contributed by atoms with Crippen molar-refractivity contribution in [3.05, 3.63) is 59.7 Å². The molecule has 9 heteroatoms. The molecule has 2 aromatic carbocycles. The van der Waals surface area contributed by atoms with Gasteiger partial charge in [0.15, 0.2) is 0 Å². The maximum absolute atomic E-state index is 12.6. The van der Waals surface area contributed by atoms with Gasteiger partial charge in [-0.3, -0.25) is 9.59 Å². The van der Waals surface area contributed by atoms with E-state index in [-0.39, 0.29) is 23.3 Å². The fraction of sp³-hybridized carbons (Fsp3) is 0.333. The zero-order valence-corrected chi connectivity index (χ0v) is 17.8. The van der Waals surface area contributed by atoms with Crippen molar-refractivity contribution >= 4 is 21.8 Å². The van der Waals surface area contributed by atoms with Crippen molar-refractivity contribution in [3.63, 3.8) is 0 Å². The third-order valence-electron chi connectivity index (χ3n) is 5.05. The van der Waals surface area contributed by atoms with Crippen LogP contribution in [0.5, 0.6) is 5.75 Å². The summed E-state index contributed by atoms with van der Waals surface area (Å²) >= 11 is 0. The Labute approximate surface area is 176 Å². The lowest BCUT2D eigenvalue weighted by Gasteiger charge is -2.34. The molecule has 0 unspecified atom stereocenters. The molecule has 1 aliphatic heterocycles. The summed E-state index contributed by atoms with van der Waals surface area (Å²) in [7, 11) is -2.14. The summed E-state index contributed by atoms with van der Waals surface area (Å²) in [5.74, 6) is 0.504. The molecule has 2 aromatic rings. The summed E-state index contributed by atoms with van der Waals surface area (Å²) in [5, 5.41) is 0. The summed E-state index contributed by atoms with van der Waals surface area (Å²) in [4.78, 5) is 27.6. The van der Waals surface area contributed by atoms with Gasteiger partial charge >= 0.3 is 0 Å². The van der Waals surface area contributed by atoms with Crippen LogP contribution in [0.25, 0.3) is 0 Å². The van der Waals surface area contributed by atoms with E-state index in [1.54, 1.807) is 46.2 Å². The van der Waals surface area contributed by atoms with E-state index >= 15 is 0 Å². The van der Waals surface area contributed by atoms with Crippen LogP contribution in [0.2, 0.25) is 0 Å². The molecule has 160 valence electrons. The molecule has 1 aliphatic rings. The first-order chi connectivity index (χ1) is 14.3. The highest BCUT2D eigenvalue weighted by Crippen LogP contribution is 2.16. The Morgan fingerprint density at radius 3 is 2.03 bits per heavy atom. The van der Waals surface area contributed by atoms with Crippen molar-refractivity contribution in [1.29, 1.82) is 0 Å². The van der Waals surface area contributed by atoms with Crippen molar-refractivity contribution < 1.29 is 22.7 Å². The summed E-state index contributed by atoms with van der Waals surface area (Å²) < 4.78 is 32.4. The van der Waals surface area contributed by atoms with Crippen LogP contribution in [0.3, 0.4) is 0 Å². The zero-order valence-electron chi connectivity index (χ0n) is 17.0. The SMILES string of the molecule is COc1ccc(S(=O)(=O)NCc2ccc(C(=O)N3CCN(C(C)=O)CC3)cc2)cc1. The molecular weight excluding hydrogens is 406 g/mol. The Hall–Kier alpha value is -2.91. The number of ether oxygens (including phenoxy) is 1. The first-order valence-corrected chi connectivity index (χ1v) is 11.1. The number of nitrogens with one attached hydrogen (secondary N) is 1. The quantitative estimate of drug-likeness (QED) is 0.747. The van der Waals surface area contributed by atoms with Crippen LogP contribution in [0.15, 0.2) is 53.4 Å². The summed E-state index contributed by atoms with van der Waals surface area (Å²) in [6, 6.07) is 13.0. The average Bonchev–Trinajstić information content (AvgIpc) is 2.77. The topological polar surface area (TPSA) is 96.0 Å².